The minimum atomic E-state index is -0.644. The fourth-order valence-corrected chi connectivity index (χ4v) is 1.17. The second-order valence-corrected chi connectivity index (χ2v) is 4.03. The van der Waals surface area contributed by atoms with Crippen molar-refractivity contribution in [2.24, 2.45) is 0 Å². The van der Waals surface area contributed by atoms with Crippen LogP contribution in [-0.2, 0) is 28.5 Å². The van der Waals surface area contributed by atoms with Gasteiger partial charge in [-0.05, 0) is 0 Å². The predicted molar refractivity (Wildman–Crippen MR) is 74.1 cm³/mol. The highest BCUT2D eigenvalue weighted by molar-refractivity contribution is 6.18. The van der Waals surface area contributed by atoms with Crippen LogP contribution < -0.4 is 0 Å². The molecule has 0 rings (SSSR count). The van der Waals surface area contributed by atoms with Crippen molar-refractivity contribution in [1.82, 2.24) is 0 Å². The van der Waals surface area contributed by atoms with E-state index in [9.17, 15) is 9.59 Å². The van der Waals surface area contributed by atoms with Gasteiger partial charge >= 0.3 is 11.9 Å². The summed E-state index contributed by atoms with van der Waals surface area (Å²) in [6.07, 6.45) is 1.98. The Balaban J connectivity index is 3.54. The maximum Gasteiger partial charge on any atom is 0.331 e. The number of esters is 2. The molecule has 6 nitrogen and oxygen atoms in total. The third kappa shape index (κ3) is 13.6. The summed E-state index contributed by atoms with van der Waals surface area (Å²) in [6.45, 7) is 1.51. The minimum absolute atomic E-state index is 0.0986. The number of ether oxygens (including phenoxy) is 4. The molecule has 8 heteroatoms. The van der Waals surface area contributed by atoms with E-state index in [2.05, 4.69) is 0 Å². The number of halogens is 2. The molecule has 0 amide bonds. The SMILES string of the molecule is O=C(/C=C\C(=O)OCCOCCCl)OCCOCCCl. The van der Waals surface area contributed by atoms with Gasteiger partial charge in [0.1, 0.15) is 13.2 Å². The zero-order valence-corrected chi connectivity index (χ0v) is 12.5. The maximum atomic E-state index is 11.2. The second kappa shape index (κ2) is 14.6. The van der Waals surface area contributed by atoms with Crippen LogP contribution >= 0.6 is 23.2 Å². The molecule has 0 aliphatic carbocycles. The van der Waals surface area contributed by atoms with Crippen molar-refractivity contribution >= 4 is 35.1 Å². The summed E-state index contributed by atoms with van der Waals surface area (Å²) in [5.74, 6) is -0.521. The van der Waals surface area contributed by atoms with Gasteiger partial charge in [0.2, 0.25) is 0 Å². The molecule has 20 heavy (non-hydrogen) atoms. The van der Waals surface area contributed by atoms with E-state index in [1.807, 2.05) is 0 Å². The van der Waals surface area contributed by atoms with Gasteiger partial charge in [0.05, 0.1) is 26.4 Å². The van der Waals surface area contributed by atoms with E-state index < -0.39 is 11.9 Å². The Kier molecular flexibility index (Phi) is 14.0. The average molecular weight is 329 g/mol. The standard InChI is InChI=1S/C12H18Cl2O6/c13-3-5-17-7-9-19-11(15)1-2-12(16)20-10-8-18-6-4-14/h1-2H,3-10H2/b2-1-. The summed E-state index contributed by atoms with van der Waals surface area (Å²) >= 11 is 10.8. The van der Waals surface area contributed by atoms with Crippen LogP contribution in [0.1, 0.15) is 0 Å². The first-order valence-electron chi connectivity index (χ1n) is 5.99. The van der Waals surface area contributed by atoms with Crippen molar-refractivity contribution in [3.8, 4) is 0 Å². The highest BCUT2D eigenvalue weighted by Crippen LogP contribution is 1.88. The minimum Gasteiger partial charge on any atom is -0.460 e. The van der Waals surface area contributed by atoms with Gasteiger partial charge in [0.25, 0.3) is 0 Å². The van der Waals surface area contributed by atoms with Crippen molar-refractivity contribution in [2.75, 3.05) is 51.4 Å². The highest BCUT2D eigenvalue weighted by atomic mass is 35.5. The van der Waals surface area contributed by atoms with Crippen LogP contribution in [0, 0.1) is 0 Å². The topological polar surface area (TPSA) is 71.1 Å². The molecule has 0 aliphatic rings. The molecule has 0 radical (unpaired) electrons. The maximum absolute atomic E-state index is 11.2. The van der Waals surface area contributed by atoms with Crippen LogP contribution in [0.3, 0.4) is 0 Å². The van der Waals surface area contributed by atoms with Crippen molar-refractivity contribution in [3.05, 3.63) is 12.2 Å². The summed E-state index contributed by atoms with van der Waals surface area (Å²) in [5.41, 5.74) is 0. The molecule has 0 unspecified atom stereocenters. The fraction of sp³-hybridized carbons (Fsp3) is 0.667. The molecule has 0 saturated heterocycles. The van der Waals surface area contributed by atoms with Crippen LogP contribution in [0.25, 0.3) is 0 Å². The smallest absolute Gasteiger partial charge is 0.331 e. The molecule has 0 atom stereocenters. The van der Waals surface area contributed by atoms with Gasteiger partial charge in [-0.15, -0.1) is 23.2 Å². The Hall–Kier alpha value is -0.820. The second-order valence-electron chi connectivity index (χ2n) is 3.27. The van der Waals surface area contributed by atoms with Gasteiger partial charge in [-0.25, -0.2) is 9.59 Å². The number of hydrogen-bond acceptors (Lipinski definition) is 6. The number of alkyl halides is 2. The largest absolute Gasteiger partial charge is 0.460 e. The Labute approximate surface area is 127 Å². The highest BCUT2D eigenvalue weighted by Gasteiger charge is 2.01. The van der Waals surface area contributed by atoms with Gasteiger partial charge in [0.15, 0.2) is 0 Å². The molecule has 116 valence electrons. The number of carbonyl (C=O) groups excluding carboxylic acids is 2. The van der Waals surface area contributed by atoms with E-state index in [4.69, 9.17) is 42.1 Å². The predicted octanol–water partition coefficient (Wildman–Crippen LogP) is 1.14. The monoisotopic (exact) mass is 328 g/mol. The Bertz CT molecular complexity index is 268. The van der Waals surface area contributed by atoms with Gasteiger partial charge in [-0.2, -0.15) is 0 Å². The summed E-state index contributed by atoms with van der Waals surface area (Å²) in [6, 6.07) is 0. The molecule has 0 aromatic rings. The lowest BCUT2D eigenvalue weighted by Gasteiger charge is -2.03. The van der Waals surface area contributed by atoms with Crippen LogP contribution in [0.15, 0.2) is 12.2 Å². The molecule has 0 aromatic heterocycles. The van der Waals surface area contributed by atoms with Crippen LogP contribution in [0.4, 0.5) is 0 Å². The third-order valence-corrected chi connectivity index (χ3v) is 2.05. The van der Waals surface area contributed by atoms with Gasteiger partial charge in [-0.1, -0.05) is 0 Å². The van der Waals surface area contributed by atoms with Crippen LogP contribution in [-0.4, -0.2) is 63.3 Å². The molecule has 0 aliphatic heterocycles. The molecule has 0 heterocycles. The lowest BCUT2D eigenvalue weighted by Crippen LogP contribution is -2.11. The van der Waals surface area contributed by atoms with E-state index in [0.717, 1.165) is 12.2 Å². The van der Waals surface area contributed by atoms with Gasteiger partial charge in [-0.3, -0.25) is 0 Å². The quantitative estimate of drug-likeness (QED) is 0.231. The van der Waals surface area contributed by atoms with E-state index in [-0.39, 0.29) is 26.4 Å². The first-order chi connectivity index (χ1) is 9.70. The van der Waals surface area contributed by atoms with E-state index in [1.165, 1.54) is 0 Å². The molecule has 0 aromatic carbocycles. The Morgan fingerprint density at radius 2 is 1.10 bits per heavy atom. The van der Waals surface area contributed by atoms with E-state index >= 15 is 0 Å². The molecular weight excluding hydrogens is 311 g/mol. The number of hydrogen-bond donors (Lipinski definition) is 0. The molecular formula is C12H18Cl2O6. The lowest BCUT2D eigenvalue weighted by molar-refractivity contribution is -0.141. The van der Waals surface area contributed by atoms with Crippen LogP contribution in [0.2, 0.25) is 0 Å². The zero-order chi connectivity index (χ0) is 15.1. The van der Waals surface area contributed by atoms with Crippen molar-refractivity contribution in [1.29, 1.82) is 0 Å². The van der Waals surface area contributed by atoms with E-state index in [0.29, 0.717) is 25.0 Å². The molecule has 0 N–H and O–H groups in total. The first kappa shape index (κ1) is 19.2. The normalized spacial score (nSPS) is 10.7. The zero-order valence-electron chi connectivity index (χ0n) is 11.0. The first-order valence-corrected chi connectivity index (χ1v) is 7.06. The van der Waals surface area contributed by atoms with Crippen molar-refractivity contribution < 1.29 is 28.5 Å². The Morgan fingerprint density at radius 3 is 1.45 bits per heavy atom. The molecule has 0 bridgehead atoms. The van der Waals surface area contributed by atoms with Gasteiger partial charge < -0.3 is 18.9 Å². The van der Waals surface area contributed by atoms with Crippen molar-refractivity contribution in [3.63, 3.8) is 0 Å². The van der Waals surface area contributed by atoms with Crippen molar-refractivity contribution in [2.45, 2.75) is 0 Å². The lowest BCUT2D eigenvalue weighted by atomic mass is 10.5. The fourth-order valence-electron chi connectivity index (χ4n) is 0.948. The summed E-state index contributed by atoms with van der Waals surface area (Å²) in [4.78, 5) is 22.3. The number of carbonyl (C=O) groups is 2. The average Bonchev–Trinajstić information content (AvgIpc) is 2.44. The van der Waals surface area contributed by atoms with E-state index in [1.54, 1.807) is 0 Å². The number of rotatable bonds is 12. The van der Waals surface area contributed by atoms with Crippen LogP contribution in [0.5, 0.6) is 0 Å². The summed E-state index contributed by atoms with van der Waals surface area (Å²) in [7, 11) is 0. The third-order valence-electron chi connectivity index (χ3n) is 1.74. The molecule has 0 fully saturated rings. The summed E-state index contributed by atoms with van der Waals surface area (Å²) in [5, 5.41) is 0. The summed E-state index contributed by atoms with van der Waals surface area (Å²) < 4.78 is 19.5. The Morgan fingerprint density at radius 1 is 0.700 bits per heavy atom. The van der Waals surface area contributed by atoms with Gasteiger partial charge in [0, 0.05) is 23.9 Å². The molecule has 0 saturated carbocycles. The molecule has 0 spiro atoms.